The lowest BCUT2D eigenvalue weighted by Gasteiger charge is -2.31. The largest absolute Gasteiger partial charge is 0.448 e. The fourth-order valence-corrected chi connectivity index (χ4v) is 2.96. The average Bonchev–Trinajstić information content (AvgIpc) is 2.81. The number of likely N-dealkylation sites (tertiary alicyclic amines) is 1. The van der Waals surface area contributed by atoms with E-state index < -0.39 is 0 Å². The number of hydrogen-bond donors (Lipinski definition) is 0. The molecule has 1 amide bonds. The first-order valence-electron chi connectivity index (χ1n) is 7.43. The van der Waals surface area contributed by atoms with Crippen molar-refractivity contribution < 1.29 is 9.53 Å². The maximum atomic E-state index is 11.2. The van der Waals surface area contributed by atoms with Crippen molar-refractivity contribution in [2.75, 3.05) is 39.3 Å². The van der Waals surface area contributed by atoms with Crippen LogP contribution in [0.4, 0.5) is 4.79 Å². The Bertz CT molecular complexity index is 263. The fraction of sp³-hybridized carbons (Fsp3) is 0.929. The van der Waals surface area contributed by atoms with Crippen LogP contribution in [0.5, 0.6) is 0 Å². The molecular formula is C14H26N2O2. The third-order valence-corrected chi connectivity index (χ3v) is 4.29. The van der Waals surface area contributed by atoms with Gasteiger partial charge in [0.15, 0.2) is 0 Å². The van der Waals surface area contributed by atoms with Crippen LogP contribution < -0.4 is 0 Å². The maximum absolute atomic E-state index is 11.2. The van der Waals surface area contributed by atoms with E-state index in [4.69, 9.17) is 4.74 Å². The van der Waals surface area contributed by atoms with Crippen LogP contribution in [-0.4, -0.2) is 55.2 Å². The second kappa shape index (κ2) is 6.98. The Morgan fingerprint density at radius 2 is 2.00 bits per heavy atom. The van der Waals surface area contributed by atoms with E-state index in [0.29, 0.717) is 6.61 Å². The molecule has 0 unspecified atom stereocenters. The topological polar surface area (TPSA) is 32.8 Å². The van der Waals surface area contributed by atoms with Gasteiger partial charge in [0.2, 0.25) is 0 Å². The van der Waals surface area contributed by atoms with E-state index in [-0.39, 0.29) is 6.09 Å². The zero-order valence-corrected chi connectivity index (χ0v) is 11.6. The Balaban J connectivity index is 1.52. The van der Waals surface area contributed by atoms with Gasteiger partial charge in [0.1, 0.15) is 6.61 Å². The van der Waals surface area contributed by atoms with Crippen LogP contribution in [-0.2, 0) is 4.74 Å². The Hall–Kier alpha value is -0.770. The molecule has 4 heteroatoms. The van der Waals surface area contributed by atoms with E-state index in [1.165, 1.54) is 45.3 Å². The third kappa shape index (κ3) is 3.87. The van der Waals surface area contributed by atoms with E-state index in [2.05, 4.69) is 11.8 Å². The molecular weight excluding hydrogens is 228 g/mol. The van der Waals surface area contributed by atoms with E-state index >= 15 is 0 Å². The molecule has 2 aliphatic heterocycles. The number of hydrogen-bond acceptors (Lipinski definition) is 3. The van der Waals surface area contributed by atoms with Crippen molar-refractivity contribution >= 4 is 6.09 Å². The first-order chi connectivity index (χ1) is 8.79. The molecule has 2 rings (SSSR count). The van der Waals surface area contributed by atoms with Crippen LogP contribution in [0.1, 0.15) is 39.0 Å². The van der Waals surface area contributed by atoms with E-state index in [1.54, 1.807) is 0 Å². The molecule has 18 heavy (non-hydrogen) atoms. The van der Waals surface area contributed by atoms with Crippen molar-refractivity contribution in [2.45, 2.75) is 39.0 Å². The SMILES string of the molecule is CCN1CCC(CCCCN2CCOC2=O)CC1. The Morgan fingerprint density at radius 3 is 2.61 bits per heavy atom. The molecule has 0 atom stereocenters. The second-order valence-electron chi connectivity index (χ2n) is 5.47. The molecule has 2 aliphatic rings. The maximum Gasteiger partial charge on any atom is 0.409 e. The molecule has 0 aliphatic carbocycles. The molecule has 0 N–H and O–H groups in total. The minimum atomic E-state index is -0.119. The van der Waals surface area contributed by atoms with Gasteiger partial charge >= 0.3 is 6.09 Å². The van der Waals surface area contributed by atoms with Crippen LogP contribution in [0.2, 0.25) is 0 Å². The van der Waals surface area contributed by atoms with Crippen molar-refractivity contribution in [3.63, 3.8) is 0 Å². The summed E-state index contributed by atoms with van der Waals surface area (Å²) in [4.78, 5) is 15.6. The molecule has 2 saturated heterocycles. The highest BCUT2D eigenvalue weighted by molar-refractivity contribution is 5.69. The summed E-state index contributed by atoms with van der Waals surface area (Å²) >= 11 is 0. The van der Waals surface area contributed by atoms with E-state index in [9.17, 15) is 4.79 Å². The minimum Gasteiger partial charge on any atom is -0.448 e. The summed E-state index contributed by atoms with van der Waals surface area (Å²) in [6, 6.07) is 0. The lowest BCUT2D eigenvalue weighted by molar-refractivity contribution is 0.157. The Morgan fingerprint density at radius 1 is 1.22 bits per heavy atom. The normalized spacial score (nSPS) is 22.5. The smallest absolute Gasteiger partial charge is 0.409 e. The summed E-state index contributed by atoms with van der Waals surface area (Å²) in [6.45, 7) is 8.24. The number of cyclic esters (lactones) is 1. The monoisotopic (exact) mass is 254 g/mol. The number of ether oxygens (including phenoxy) is 1. The van der Waals surface area contributed by atoms with Crippen molar-refractivity contribution in [3.05, 3.63) is 0 Å². The predicted molar refractivity (Wildman–Crippen MR) is 71.6 cm³/mol. The molecule has 0 aromatic carbocycles. The lowest BCUT2D eigenvalue weighted by Crippen LogP contribution is -2.33. The van der Waals surface area contributed by atoms with Crippen LogP contribution in [0, 0.1) is 5.92 Å². The van der Waals surface area contributed by atoms with Crippen LogP contribution in [0.3, 0.4) is 0 Å². The highest BCUT2D eigenvalue weighted by atomic mass is 16.6. The van der Waals surface area contributed by atoms with Gasteiger partial charge in [-0.15, -0.1) is 0 Å². The fourth-order valence-electron chi connectivity index (χ4n) is 2.96. The molecule has 0 aromatic rings. The molecule has 2 fully saturated rings. The van der Waals surface area contributed by atoms with Gasteiger partial charge in [-0.2, -0.15) is 0 Å². The third-order valence-electron chi connectivity index (χ3n) is 4.29. The molecule has 0 aromatic heterocycles. The first kappa shape index (κ1) is 13.7. The minimum absolute atomic E-state index is 0.119. The summed E-state index contributed by atoms with van der Waals surface area (Å²) < 4.78 is 4.92. The molecule has 4 nitrogen and oxygen atoms in total. The van der Waals surface area contributed by atoms with Gasteiger partial charge in [0.05, 0.1) is 6.54 Å². The average molecular weight is 254 g/mol. The summed E-state index contributed by atoms with van der Waals surface area (Å²) in [5.41, 5.74) is 0. The van der Waals surface area contributed by atoms with Gasteiger partial charge in [-0.3, -0.25) is 0 Å². The quantitative estimate of drug-likeness (QED) is 0.682. The number of amides is 1. The van der Waals surface area contributed by atoms with Gasteiger partial charge in [0, 0.05) is 6.54 Å². The van der Waals surface area contributed by atoms with Crippen molar-refractivity contribution in [1.29, 1.82) is 0 Å². The first-order valence-corrected chi connectivity index (χ1v) is 7.43. The van der Waals surface area contributed by atoms with Crippen molar-refractivity contribution in [1.82, 2.24) is 9.80 Å². The number of rotatable bonds is 6. The van der Waals surface area contributed by atoms with E-state index in [1.807, 2.05) is 4.90 Å². The van der Waals surface area contributed by atoms with Crippen LogP contribution in [0.25, 0.3) is 0 Å². The van der Waals surface area contributed by atoms with Gasteiger partial charge in [-0.25, -0.2) is 4.79 Å². The number of unbranched alkanes of at least 4 members (excludes halogenated alkanes) is 1. The van der Waals surface area contributed by atoms with Gasteiger partial charge < -0.3 is 14.5 Å². The second-order valence-corrected chi connectivity index (χ2v) is 5.47. The summed E-state index contributed by atoms with van der Waals surface area (Å²) in [7, 11) is 0. The molecule has 0 bridgehead atoms. The van der Waals surface area contributed by atoms with E-state index in [0.717, 1.165) is 25.4 Å². The Labute approximate surface area is 110 Å². The van der Waals surface area contributed by atoms with Crippen LogP contribution >= 0.6 is 0 Å². The predicted octanol–water partition coefficient (Wildman–Crippen LogP) is 2.34. The number of carbonyl (C=O) groups excluding carboxylic acids is 1. The molecule has 0 saturated carbocycles. The van der Waals surface area contributed by atoms with Gasteiger partial charge in [0.25, 0.3) is 0 Å². The highest BCUT2D eigenvalue weighted by Crippen LogP contribution is 2.22. The number of nitrogens with zero attached hydrogens (tertiary/aromatic N) is 2. The number of carbonyl (C=O) groups is 1. The standard InChI is InChI=1S/C14H26N2O2/c1-2-15-9-6-13(7-10-15)5-3-4-8-16-11-12-18-14(16)17/h13H,2-12H2,1H3. The highest BCUT2D eigenvalue weighted by Gasteiger charge is 2.21. The number of piperidine rings is 1. The van der Waals surface area contributed by atoms with Gasteiger partial charge in [-0.05, 0) is 44.8 Å². The zero-order valence-electron chi connectivity index (χ0n) is 11.6. The Kier molecular flexibility index (Phi) is 5.29. The molecule has 2 heterocycles. The summed E-state index contributed by atoms with van der Waals surface area (Å²) in [5.74, 6) is 0.915. The summed E-state index contributed by atoms with van der Waals surface area (Å²) in [5, 5.41) is 0. The molecule has 0 spiro atoms. The van der Waals surface area contributed by atoms with Gasteiger partial charge in [-0.1, -0.05) is 19.8 Å². The zero-order chi connectivity index (χ0) is 12.8. The summed E-state index contributed by atoms with van der Waals surface area (Å²) in [6.07, 6.45) is 6.31. The molecule has 104 valence electrons. The van der Waals surface area contributed by atoms with Crippen molar-refractivity contribution in [3.8, 4) is 0 Å². The molecule has 0 radical (unpaired) electrons. The van der Waals surface area contributed by atoms with Crippen LogP contribution in [0.15, 0.2) is 0 Å². The van der Waals surface area contributed by atoms with Crippen molar-refractivity contribution in [2.24, 2.45) is 5.92 Å². The lowest BCUT2D eigenvalue weighted by atomic mass is 9.91.